The molecule has 84 valence electrons. The molecule has 0 bridgehead atoms. The molecular weight excluding hydrogens is 209 g/mol. The van der Waals surface area contributed by atoms with E-state index < -0.39 is 0 Å². The predicted molar refractivity (Wildman–Crippen MR) is 57.5 cm³/mol. The molecule has 0 unspecified atom stereocenters. The number of rotatable bonds is 3. The molecule has 2 aromatic rings. The molecule has 0 aliphatic rings. The van der Waals surface area contributed by atoms with E-state index in [2.05, 4.69) is 15.3 Å². The van der Waals surface area contributed by atoms with Crippen LogP contribution in [0.4, 0.5) is 10.2 Å². The van der Waals surface area contributed by atoms with Crippen LogP contribution in [0.25, 0.3) is 0 Å². The average Bonchev–Trinajstić information content (AvgIpc) is 2.58. The van der Waals surface area contributed by atoms with E-state index in [1.807, 2.05) is 13.8 Å². The Kier molecular flexibility index (Phi) is 2.85. The van der Waals surface area contributed by atoms with Crippen LogP contribution in [0.5, 0.6) is 0 Å². The van der Waals surface area contributed by atoms with Gasteiger partial charge >= 0.3 is 0 Å². The zero-order chi connectivity index (χ0) is 11.5. The van der Waals surface area contributed by atoms with E-state index in [0.717, 1.165) is 17.7 Å². The standard InChI is InChI=1S/C11H12FN3O/c1-7-8(2)16-11(15-7)6-14-10-4-3-9(12)5-13-10/h3-5H,6H2,1-2H3,(H,13,14). The first-order valence-electron chi connectivity index (χ1n) is 4.93. The number of hydrogen-bond donors (Lipinski definition) is 1. The second kappa shape index (κ2) is 4.30. The van der Waals surface area contributed by atoms with Crippen molar-refractivity contribution in [1.29, 1.82) is 0 Å². The normalized spacial score (nSPS) is 10.4. The van der Waals surface area contributed by atoms with Gasteiger partial charge in [-0.3, -0.25) is 0 Å². The van der Waals surface area contributed by atoms with Crippen molar-refractivity contribution in [2.45, 2.75) is 20.4 Å². The van der Waals surface area contributed by atoms with E-state index in [1.54, 1.807) is 6.07 Å². The average molecular weight is 221 g/mol. The van der Waals surface area contributed by atoms with E-state index in [4.69, 9.17) is 4.42 Å². The minimum absolute atomic E-state index is 0.353. The largest absolute Gasteiger partial charge is 0.444 e. The van der Waals surface area contributed by atoms with Gasteiger partial charge in [0.2, 0.25) is 5.89 Å². The number of anilines is 1. The minimum Gasteiger partial charge on any atom is -0.444 e. The summed E-state index contributed by atoms with van der Waals surface area (Å²) in [6, 6.07) is 2.92. The fraction of sp³-hybridized carbons (Fsp3) is 0.273. The number of pyridine rings is 1. The van der Waals surface area contributed by atoms with Crippen molar-refractivity contribution >= 4 is 5.82 Å². The van der Waals surface area contributed by atoms with Gasteiger partial charge in [0.05, 0.1) is 18.4 Å². The molecule has 16 heavy (non-hydrogen) atoms. The molecule has 0 radical (unpaired) electrons. The van der Waals surface area contributed by atoms with Gasteiger partial charge in [-0.25, -0.2) is 14.4 Å². The summed E-state index contributed by atoms with van der Waals surface area (Å²) in [7, 11) is 0. The smallest absolute Gasteiger partial charge is 0.213 e. The molecule has 0 saturated heterocycles. The van der Waals surface area contributed by atoms with Crippen LogP contribution in [-0.2, 0) is 6.54 Å². The van der Waals surface area contributed by atoms with Gasteiger partial charge in [0.25, 0.3) is 0 Å². The van der Waals surface area contributed by atoms with Crippen LogP contribution >= 0.6 is 0 Å². The number of nitrogens with zero attached hydrogens (tertiary/aromatic N) is 2. The van der Waals surface area contributed by atoms with Crippen molar-refractivity contribution in [3.8, 4) is 0 Å². The Morgan fingerprint density at radius 3 is 2.75 bits per heavy atom. The topological polar surface area (TPSA) is 51.0 Å². The highest BCUT2D eigenvalue weighted by Gasteiger charge is 2.05. The highest BCUT2D eigenvalue weighted by atomic mass is 19.1. The van der Waals surface area contributed by atoms with Crippen molar-refractivity contribution in [3.05, 3.63) is 41.5 Å². The van der Waals surface area contributed by atoms with Crippen molar-refractivity contribution in [1.82, 2.24) is 9.97 Å². The number of aryl methyl sites for hydroxylation is 2. The third kappa shape index (κ3) is 2.36. The number of aromatic nitrogens is 2. The summed E-state index contributed by atoms with van der Waals surface area (Å²) in [5.41, 5.74) is 0.879. The molecule has 0 aliphatic heterocycles. The maximum atomic E-state index is 12.6. The molecule has 4 nitrogen and oxygen atoms in total. The first kappa shape index (κ1) is 10.6. The second-order valence-corrected chi connectivity index (χ2v) is 3.46. The molecule has 2 rings (SSSR count). The van der Waals surface area contributed by atoms with Crippen molar-refractivity contribution in [2.24, 2.45) is 0 Å². The van der Waals surface area contributed by atoms with E-state index >= 15 is 0 Å². The quantitative estimate of drug-likeness (QED) is 0.864. The highest BCUT2D eigenvalue weighted by molar-refractivity contribution is 5.33. The Morgan fingerprint density at radius 2 is 2.19 bits per heavy atom. The number of nitrogens with one attached hydrogen (secondary N) is 1. The van der Waals surface area contributed by atoms with Crippen LogP contribution in [0.15, 0.2) is 22.7 Å². The van der Waals surface area contributed by atoms with Gasteiger partial charge in [-0.05, 0) is 26.0 Å². The molecule has 0 spiro atoms. The molecule has 0 aliphatic carbocycles. The van der Waals surface area contributed by atoms with Crippen LogP contribution in [0.3, 0.4) is 0 Å². The zero-order valence-electron chi connectivity index (χ0n) is 9.12. The maximum absolute atomic E-state index is 12.6. The summed E-state index contributed by atoms with van der Waals surface area (Å²) in [6.45, 7) is 4.19. The zero-order valence-corrected chi connectivity index (χ0v) is 9.12. The molecular formula is C11H12FN3O. The van der Waals surface area contributed by atoms with Crippen LogP contribution < -0.4 is 5.32 Å². The summed E-state index contributed by atoms with van der Waals surface area (Å²) in [5.74, 6) is 1.65. The Labute approximate surface area is 92.5 Å². The lowest BCUT2D eigenvalue weighted by Crippen LogP contribution is -2.01. The molecule has 0 aromatic carbocycles. The summed E-state index contributed by atoms with van der Waals surface area (Å²) < 4.78 is 18.0. The van der Waals surface area contributed by atoms with Gasteiger partial charge in [0, 0.05) is 0 Å². The van der Waals surface area contributed by atoms with Crippen molar-refractivity contribution in [2.75, 3.05) is 5.32 Å². The van der Waals surface area contributed by atoms with E-state index in [1.165, 1.54) is 6.07 Å². The Bertz CT molecular complexity index is 459. The fourth-order valence-corrected chi connectivity index (χ4v) is 1.26. The third-order valence-corrected chi connectivity index (χ3v) is 2.22. The summed E-state index contributed by atoms with van der Waals surface area (Å²) in [5, 5.41) is 2.99. The van der Waals surface area contributed by atoms with Gasteiger partial charge in [-0.1, -0.05) is 0 Å². The number of oxazole rings is 1. The lowest BCUT2D eigenvalue weighted by atomic mass is 10.4. The molecule has 0 atom stereocenters. The molecule has 1 N–H and O–H groups in total. The lowest BCUT2D eigenvalue weighted by Gasteiger charge is -2.01. The first-order chi connectivity index (χ1) is 7.65. The van der Waals surface area contributed by atoms with Crippen molar-refractivity contribution in [3.63, 3.8) is 0 Å². The lowest BCUT2D eigenvalue weighted by molar-refractivity contribution is 0.478. The Balaban J connectivity index is 1.99. The van der Waals surface area contributed by atoms with Gasteiger partial charge in [0.15, 0.2) is 0 Å². The predicted octanol–water partition coefficient (Wildman–Crippen LogP) is 2.44. The van der Waals surface area contributed by atoms with Crippen molar-refractivity contribution < 1.29 is 8.81 Å². The fourth-order valence-electron chi connectivity index (χ4n) is 1.26. The van der Waals surface area contributed by atoms with Crippen LogP contribution in [0.1, 0.15) is 17.3 Å². The molecule has 0 saturated carbocycles. The molecule has 5 heteroatoms. The van der Waals surface area contributed by atoms with Gasteiger partial charge in [-0.2, -0.15) is 0 Å². The van der Waals surface area contributed by atoms with Gasteiger partial charge < -0.3 is 9.73 Å². The van der Waals surface area contributed by atoms with Gasteiger partial charge in [-0.15, -0.1) is 0 Å². The van der Waals surface area contributed by atoms with Gasteiger partial charge in [0.1, 0.15) is 17.4 Å². The highest BCUT2D eigenvalue weighted by Crippen LogP contribution is 2.10. The molecule has 2 heterocycles. The Hall–Kier alpha value is -1.91. The van der Waals surface area contributed by atoms with E-state index in [0.29, 0.717) is 18.3 Å². The van der Waals surface area contributed by atoms with Crippen LogP contribution in [-0.4, -0.2) is 9.97 Å². The molecule has 0 amide bonds. The van der Waals surface area contributed by atoms with E-state index in [-0.39, 0.29) is 5.82 Å². The summed E-state index contributed by atoms with van der Waals surface area (Å²) in [6.07, 6.45) is 1.16. The minimum atomic E-state index is -0.353. The third-order valence-electron chi connectivity index (χ3n) is 2.22. The molecule has 0 fully saturated rings. The summed E-state index contributed by atoms with van der Waals surface area (Å²) in [4.78, 5) is 8.08. The summed E-state index contributed by atoms with van der Waals surface area (Å²) >= 11 is 0. The van der Waals surface area contributed by atoms with Crippen LogP contribution in [0, 0.1) is 19.7 Å². The van der Waals surface area contributed by atoms with Crippen LogP contribution in [0.2, 0.25) is 0 Å². The first-order valence-corrected chi connectivity index (χ1v) is 4.93. The molecule has 2 aromatic heterocycles. The number of hydrogen-bond acceptors (Lipinski definition) is 4. The van der Waals surface area contributed by atoms with E-state index in [9.17, 15) is 4.39 Å². The Morgan fingerprint density at radius 1 is 1.38 bits per heavy atom. The second-order valence-electron chi connectivity index (χ2n) is 3.46. The maximum Gasteiger partial charge on any atom is 0.213 e. The monoisotopic (exact) mass is 221 g/mol. The SMILES string of the molecule is Cc1nc(CNc2ccc(F)cn2)oc1C. The number of halogens is 1.